The molecule has 0 amide bonds. The molecule has 0 radical (unpaired) electrons. The maximum Gasteiger partial charge on any atom is 0.265 e. The molecule has 0 N–H and O–H groups in total. The number of nitrogens with zero attached hydrogens (tertiary/aromatic N) is 7. The Morgan fingerprint density at radius 2 is 1.85 bits per heavy atom. The lowest BCUT2D eigenvalue weighted by Crippen LogP contribution is -2.41. The molecule has 0 aromatic carbocycles. The second kappa shape index (κ2) is 7.58. The van der Waals surface area contributed by atoms with Crippen LogP contribution in [0.15, 0.2) is 30.7 Å². The number of anilines is 1. The van der Waals surface area contributed by atoms with Gasteiger partial charge in [-0.1, -0.05) is 0 Å². The number of hydrogen-bond donors (Lipinski definition) is 0. The van der Waals surface area contributed by atoms with Gasteiger partial charge in [-0.25, -0.2) is 18.3 Å². The number of halogens is 2. The van der Waals surface area contributed by atoms with Crippen molar-refractivity contribution in [3.05, 3.63) is 58.9 Å². The normalized spacial score (nSPS) is 17.3. The molecule has 0 saturated carbocycles. The van der Waals surface area contributed by atoms with Crippen LogP contribution < -0.4 is 4.90 Å². The molecule has 6 rings (SSSR count). The van der Waals surface area contributed by atoms with Gasteiger partial charge in [-0.2, -0.15) is 10.2 Å². The highest BCUT2D eigenvalue weighted by Crippen LogP contribution is 2.45. The number of alkyl halides is 2. The van der Waals surface area contributed by atoms with Gasteiger partial charge >= 0.3 is 0 Å². The van der Waals surface area contributed by atoms with Gasteiger partial charge in [0.15, 0.2) is 5.82 Å². The van der Waals surface area contributed by atoms with Crippen molar-refractivity contribution in [3.8, 4) is 11.3 Å². The third-order valence-corrected chi connectivity index (χ3v) is 7.75. The fourth-order valence-electron chi connectivity index (χ4n) is 5.70. The lowest BCUT2D eigenvalue weighted by Gasteiger charge is -2.40. The molecule has 7 nitrogen and oxygen atoms in total. The summed E-state index contributed by atoms with van der Waals surface area (Å²) in [5.74, 6) is 0.948. The molecule has 1 aliphatic heterocycles. The van der Waals surface area contributed by atoms with E-state index in [0.717, 1.165) is 84.0 Å². The van der Waals surface area contributed by atoms with E-state index in [2.05, 4.69) is 20.1 Å². The molecule has 0 bridgehead atoms. The summed E-state index contributed by atoms with van der Waals surface area (Å²) in [5.41, 5.74) is 7.08. The number of hydrogen-bond acceptors (Lipinski definition) is 5. The van der Waals surface area contributed by atoms with Gasteiger partial charge in [0.25, 0.3) is 6.43 Å². The van der Waals surface area contributed by atoms with E-state index < -0.39 is 6.43 Å². The highest BCUT2D eigenvalue weighted by atomic mass is 19.3. The van der Waals surface area contributed by atoms with E-state index in [-0.39, 0.29) is 11.0 Å². The van der Waals surface area contributed by atoms with Crippen LogP contribution in [0.2, 0.25) is 0 Å². The Balaban J connectivity index is 1.28. The predicted octanol–water partition coefficient (Wildman–Crippen LogP) is 4.46. The standard InChI is InChI=1S/C25H27F2N7/c1-15-22(19-14-30-32(3)16(19)2)34-21(4-7-29-34)24(31-15)33-8-5-25(6-9-33)11-17-10-18(23(26)27)13-28-20(17)12-25/h4,7,10,13-14,23H,5-6,8-9,11-12H2,1-3H3. The zero-order chi connectivity index (χ0) is 23.6. The van der Waals surface area contributed by atoms with E-state index in [1.807, 2.05) is 48.6 Å². The van der Waals surface area contributed by atoms with E-state index in [4.69, 9.17) is 4.98 Å². The number of aromatic nitrogens is 6. The summed E-state index contributed by atoms with van der Waals surface area (Å²) < 4.78 is 30.1. The summed E-state index contributed by atoms with van der Waals surface area (Å²) in [4.78, 5) is 11.8. The summed E-state index contributed by atoms with van der Waals surface area (Å²) in [6.45, 7) is 5.81. The van der Waals surface area contributed by atoms with Gasteiger partial charge in [-0.15, -0.1) is 0 Å². The second-order valence-electron chi connectivity index (χ2n) is 9.78. The molecule has 5 heterocycles. The zero-order valence-electron chi connectivity index (χ0n) is 19.6. The Morgan fingerprint density at radius 3 is 2.56 bits per heavy atom. The van der Waals surface area contributed by atoms with Crippen molar-refractivity contribution < 1.29 is 8.78 Å². The molecule has 9 heteroatoms. The van der Waals surface area contributed by atoms with Crippen LogP contribution in [0, 0.1) is 19.3 Å². The first-order chi connectivity index (χ1) is 16.3. The number of aryl methyl sites for hydroxylation is 2. The first-order valence-corrected chi connectivity index (χ1v) is 11.7. The average Bonchev–Trinajstić information content (AvgIpc) is 3.52. The second-order valence-corrected chi connectivity index (χ2v) is 9.78. The number of pyridine rings is 1. The molecule has 1 aliphatic carbocycles. The van der Waals surface area contributed by atoms with Crippen molar-refractivity contribution in [2.75, 3.05) is 18.0 Å². The minimum Gasteiger partial charge on any atom is -0.355 e. The minimum atomic E-state index is -2.47. The summed E-state index contributed by atoms with van der Waals surface area (Å²) in [7, 11) is 1.94. The molecule has 1 fully saturated rings. The van der Waals surface area contributed by atoms with Crippen molar-refractivity contribution in [1.29, 1.82) is 0 Å². The first kappa shape index (κ1) is 21.2. The topological polar surface area (TPSA) is 64.1 Å². The molecule has 176 valence electrons. The summed E-state index contributed by atoms with van der Waals surface area (Å²) >= 11 is 0. The minimum absolute atomic E-state index is 0.0278. The van der Waals surface area contributed by atoms with Crippen LogP contribution in [0.1, 0.15) is 47.5 Å². The van der Waals surface area contributed by atoms with Gasteiger partial charge in [0.2, 0.25) is 0 Å². The smallest absolute Gasteiger partial charge is 0.265 e. The third-order valence-electron chi connectivity index (χ3n) is 7.75. The fourth-order valence-corrected chi connectivity index (χ4v) is 5.70. The monoisotopic (exact) mass is 463 g/mol. The van der Waals surface area contributed by atoms with Crippen LogP contribution in [0.3, 0.4) is 0 Å². The van der Waals surface area contributed by atoms with Gasteiger partial charge in [0.05, 0.1) is 23.8 Å². The quantitative estimate of drug-likeness (QED) is 0.449. The van der Waals surface area contributed by atoms with Crippen LogP contribution in [0.4, 0.5) is 14.6 Å². The predicted molar refractivity (Wildman–Crippen MR) is 125 cm³/mol. The molecule has 4 aromatic rings. The van der Waals surface area contributed by atoms with Crippen LogP contribution in [-0.2, 0) is 19.9 Å². The lowest BCUT2D eigenvalue weighted by atomic mass is 9.76. The summed E-state index contributed by atoms with van der Waals surface area (Å²) in [6.07, 6.45) is 6.23. The molecule has 1 saturated heterocycles. The average molecular weight is 464 g/mol. The molecule has 0 atom stereocenters. The highest BCUT2D eigenvalue weighted by Gasteiger charge is 2.41. The number of fused-ring (bicyclic) bond motifs is 2. The van der Waals surface area contributed by atoms with Crippen molar-refractivity contribution in [3.63, 3.8) is 0 Å². The van der Waals surface area contributed by atoms with E-state index in [9.17, 15) is 8.78 Å². The van der Waals surface area contributed by atoms with E-state index >= 15 is 0 Å². The molecular weight excluding hydrogens is 436 g/mol. The van der Waals surface area contributed by atoms with E-state index in [1.165, 1.54) is 6.20 Å². The summed E-state index contributed by atoms with van der Waals surface area (Å²) in [5, 5.41) is 9.03. The maximum absolute atomic E-state index is 13.1. The van der Waals surface area contributed by atoms with Crippen molar-refractivity contribution in [2.45, 2.75) is 46.0 Å². The third kappa shape index (κ3) is 3.20. The largest absolute Gasteiger partial charge is 0.355 e. The zero-order valence-corrected chi connectivity index (χ0v) is 19.6. The molecule has 4 aromatic heterocycles. The van der Waals surface area contributed by atoms with Crippen molar-refractivity contribution >= 4 is 11.3 Å². The van der Waals surface area contributed by atoms with Gasteiger partial charge in [-0.05, 0) is 62.6 Å². The van der Waals surface area contributed by atoms with Crippen LogP contribution in [0.25, 0.3) is 16.8 Å². The SMILES string of the molecule is Cc1nc(N2CCC3(CC2)Cc2cc(C(F)F)cnc2C3)c2ccnn2c1-c1cnn(C)c1C. The Kier molecular flexibility index (Phi) is 4.72. The Morgan fingerprint density at radius 1 is 1.06 bits per heavy atom. The molecule has 34 heavy (non-hydrogen) atoms. The van der Waals surface area contributed by atoms with Crippen molar-refractivity contribution in [2.24, 2.45) is 12.5 Å². The first-order valence-electron chi connectivity index (χ1n) is 11.7. The van der Waals surface area contributed by atoms with Gasteiger partial charge in [-0.3, -0.25) is 9.67 Å². The van der Waals surface area contributed by atoms with Gasteiger partial charge in [0, 0.05) is 48.8 Å². The molecule has 2 aliphatic rings. The Hall–Kier alpha value is -3.36. The Labute approximate surface area is 196 Å². The number of piperidine rings is 1. The van der Waals surface area contributed by atoms with Gasteiger partial charge < -0.3 is 4.90 Å². The van der Waals surface area contributed by atoms with Crippen LogP contribution in [0.5, 0.6) is 0 Å². The number of rotatable bonds is 3. The Bertz CT molecular complexity index is 1400. The van der Waals surface area contributed by atoms with Crippen molar-refractivity contribution in [1.82, 2.24) is 29.4 Å². The van der Waals surface area contributed by atoms with Crippen LogP contribution >= 0.6 is 0 Å². The highest BCUT2D eigenvalue weighted by molar-refractivity contribution is 5.76. The fraction of sp³-hybridized carbons (Fsp3) is 0.440. The summed E-state index contributed by atoms with van der Waals surface area (Å²) in [6, 6.07) is 3.68. The van der Waals surface area contributed by atoms with Gasteiger partial charge in [0.1, 0.15) is 5.52 Å². The lowest BCUT2D eigenvalue weighted by molar-refractivity contribution is 0.151. The maximum atomic E-state index is 13.1. The molecule has 1 spiro atoms. The molecular formula is C25H27F2N7. The van der Waals surface area contributed by atoms with E-state index in [0.29, 0.717) is 0 Å². The van der Waals surface area contributed by atoms with E-state index in [1.54, 1.807) is 6.07 Å². The van der Waals surface area contributed by atoms with Crippen LogP contribution in [-0.4, -0.2) is 42.5 Å². The molecule has 0 unspecified atom stereocenters.